The summed E-state index contributed by atoms with van der Waals surface area (Å²) in [4.78, 5) is 23.5. The van der Waals surface area contributed by atoms with Gasteiger partial charge in [0.25, 0.3) is 5.91 Å². The number of rotatable bonds is 5. The van der Waals surface area contributed by atoms with Gasteiger partial charge in [0.15, 0.2) is 6.61 Å². The summed E-state index contributed by atoms with van der Waals surface area (Å²) in [6, 6.07) is 8.99. The van der Waals surface area contributed by atoms with Crippen molar-refractivity contribution in [2.75, 3.05) is 6.61 Å². The van der Waals surface area contributed by atoms with Crippen molar-refractivity contribution in [3.05, 3.63) is 30.3 Å². The molecule has 1 amide bonds. The van der Waals surface area contributed by atoms with Crippen LogP contribution in [0.5, 0.6) is 5.75 Å². The number of carboxylic acids is 1. The highest BCUT2D eigenvalue weighted by Crippen LogP contribution is 2.32. The Kier molecular flexibility index (Phi) is 4.83. The lowest BCUT2D eigenvalue weighted by Crippen LogP contribution is -2.57. The van der Waals surface area contributed by atoms with Crippen molar-refractivity contribution >= 4 is 11.9 Å². The van der Waals surface area contributed by atoms with E-state index in [0.29, 0.717) is 24.5 Å². The van der Waals surface area contributed by atoms with Crippen molar-refractivity contribution in [1.82, 2.24) is 5.32 Å². The van der Waals surface area contributed by atoms with Crippen molar-refractivity contribution in [2.24, 2.45) is 5.92 Å². The molecule has 114 valence electrons. The molecule has 5 nitrogen and oxygen atoms in total. The van der Waals surface area contributed by atoms with Gasteiger partial charge in [0.1, 0.15) is 11.3 Å². The summed E-state index contributed by atoms with van der Waals surface area (Å²) in [5.74, 6) is -0.248. The first-order chi connectivity index (χ1) is 10.0. The molecule has 1 aliphatic carbocycles. The quantitative estimate of drug-likeness (QED) is 0.872. The Labute approximate surface area is 124 Å². The van der Waals surface area contributed by atoms with Crippen LogP contribution >= 0.6 is 0 Å². The summed E-state index contributed by atoms with van der Waals surface area (Å²) in [6.45, 7) is 1.93. The van der Waals surface area contributed by atoms with E-state index >= 15 is 0 Å². The molecule has 1 aromatic carbocycles. The number of nitrogens with one attached hydrogen (secondary N) is 1. The van der Waals surface area contributed by atoms with Crippen LogP contribution in [0, 0.1) is 5.92 Å². The van der Waals surface area contributed by atoms with E-state index in [2.05, 4.69) is 12.2 Å². The van der Waals surface area contributed by atoms with E-state index in [1.807, 2.05) is 18.2 Å². The van der Waals surface area contributed by atoms with Crippen LogP contribution < -0.4 is 10.1 Å². The number of para-hydroxylation sites is 1. The number of hydrogen-bond acceptors (Lipinski definition) is 3. The smallest absolute Gasteiger partial charge is 0.329 e. The van der Waals surface area contributed by atoms with Crippen molar-refractivity contribution < 1.29 is 19.4 Å². The van der Waals surface area contributed by atoms with Crippen LogP contribution in [0.1, 0.15) is 32.6 Å². The first kappa shape index (κ1) is 15.4. The van der Waals surface area contributed by atoms with Crippen molar-refractivity contribution in [3.63, 3.8) is 0 Å². The van der Waals surface area contributed by atoms with Crippen LogP contribution in [0.15, 0.2) is 30.3 Å². The number of aliphatic carboxylic acids is 1. The summed E-state index contributed by atoms with van der Waals surface area (Å²) in [5.41, 5.74) is -1.14. The standard InChI is InChI=1S/C16H21NO4/c1-12-7-9-16(10-8-12,15(19)20)17-14(18)11-21-13-5-3-2-4-6-13/h2-6,12H,7-11H2,1H3,(H,17,18)(H,19,20). The van der Waals surface area contributed by atoms with Gasteiger partial charge < -0.3 is 15.2 Å². The number of amides is 1. The zero-order valence-corrected chi connectivity index (χ0v) is 12.2. The predicted molar refractivity (Wildman–Crippen MR) is 78.1 cm³/mol. The first-order valence-electron chi connectivity index (χ1n) is 7.24. The third kappa shape index (κ3) is 3.97. The Morgan fingerprint density at radius 2 is 1.90 bits per heavy atom. The fourth-order valence-corrected chi connectivity index (χ4v) is 2.62. The normalized spacial score (nSPS) is 25.1. The van der Waals surface area contributed by atoms with Gasteiger partial charge in [0.05, 0.1) is 0 Å². The SMILES string of the molecule is CC1CCC(NC(=O)COc2ccccc2)(C(=O)O)CC1. The van der Waals surface area contributed by atoms with Gasteiger partial charge in [-0.15, -0.1) is 0 Å². The van der Waals surface area contributed by atoms with Gasteiger partial charge in [0.2, 0.25) is 0 Å². The average molecular weight is 291 g/mol. The molecular weight excluding hydrogens is 270 g/mol. The number of carbonyl (C=O) groups is 2. The zero-order valence-electron chi connectivity index (χ0n) is 12.2. The monoisotopic (exact) mass is 291 g/mol. The Balaban J connectivity index is 1.91. The van der Waals surface area contributed by atoms with Crippen LogP contribution in [-0.2, 0) is 9.59 Å². The average Bonchev–Trinajstić information content (AvgIpc) is 2.48. The van der Waals surface area contributed by atoms with E-state index in [4.69, 9.17) is 4.74 Å². The number of benzene rings is 1. The number of ether oxygens (including phenoxy) is 1. The van der Waals surface area contributed by atoms with Gasteiger partial charge in [-0.25, -0.2) is 4.79 Å². The Bertz CT molecular complexity index is 492. The minimum Gasteiger partial charge on any atom is -0.484 e. The lowest BCUT2D eigenvalue weighted by Gasteiger charge is -2.36. The van der Waals surface area contributed by atoms with Crippen molar-refractivity contribution in [2.45, 2.75) is 38.1 Å². The minimum absolute atomic E-state index is 0.172. The lowest BCUT2D eigenvalue weighted by molar-refractivity contribution is -0.150. The molecule has 1 aromatic rings. The molecule has 1 saturated carbocycles. The molecular formula is C16H21NO4. The van der Waals surface area contributed by atoms with Crippen LogP contribution in [0.2, 0.25) is 0 Å². The highest BCUT2D eigenvalue weighted by molar-refractivity contribution is 5.87. The molecule has 0 bridgehead atoms. The van der Waals surface area contributed by atoms with E-state index in [0.717, 1.165) is 12.8 Å². The van der Waals surface area contributed by atoms with E-state index in [-0.39, 0.29) is 6.61 Å². The number of carbonyl (C=O) groups excluding carboxylic acids is 1. The van der Waals surface area contributed by atoms with Crippen LogP contribution in [-0.4, -0.2) is 29.1 Å². The van der Waals surface area contributed by atoms with E-state index in [9.17, 15) is 14.7 Å². The van der Waals surface area contributed by atoms with Crippen molar-refractivity contribution in [3.8, 4) is 5.75 Å². The number of hydrogen-bond donors (Lipinski definition) is 2. The maximum atomic E-state index is 12.0. The molecule has 5 heteroatoms. The molecule has 1 aliphatic rings. The molecule has 1 fully saturated rings. The second-order valence-corrected chi connectivity index (χ2v) is 5.72. The van der Waals surface area contributed by atoms with Gasteiger partial charge in [-0.3, -0.25) is 4.79 Å². The molecule has 0 aliphatic heterocycles. The molecule has 0 unspecified atom stereocenters. The third-order valence-electron chi connectivity index (χ3n) is 4.03. The highest BCUT2D eigenvalue weighted by Gasteiger charge is 2.42. The third-order valence-corrected chi connectivity index (χ3v) is 4.03. The van der Waals surface area contributed by atoms with E-state index < -0.39 is 17.4 Å². The summed E-state index contributed by atoms with van der Waals surface area (Å²) in [7, 11) is 0. The molecule has 2 rings (SSSR count). The maximum Gasteiger partial charge on any atom is 0.329 e. The second-order valence-electron chi connectivity index (χ2n) is 5.72. The molecule has 0 heterocycles. The van der Waals surface area contributed by atoms with Crippen LogP contribution in [0.4, 0.5) is 0 Å². The van der Waals surface area contributed by atoms with Gasteiger partial charge >= 0.3 is 5.97 Å². The molecule has 0 atom stereocenters. The summed E-state index contributed by atoms with van der Waals surface area (Å²) in [6.07, 6.45) is 2.57. The fourth-order valence-electron chi connectivity index (χ4n) is 2.62. The maximum absolute atomic E-state index is 12.0. The number of carboxylic acid groups (broad SMARTS) is 1. The Morgan fingerprint density at radius 3 is 2.48 bits per heavy atom. The molecule has 0 spiro atoms. The van der Waals surface area contributed by atoms with Gasteiger partial charge in [0, 0.05) is 0 Å². The van der Waals surface area contributed by atoms with Crippen LogP contribution in [0.25, 0.3) is 0 Å². The fraction of sp³-hybridized carbons (Fsp3) is 0.500. The van der Waals surface area contributed by atoms with E-state index in [1.54, 1.807) is 12.1 Å². The van der Waals surface area contributed by atoms with Crippen molar-refractivity contribution in [1.29, 1.82) is 0 Å². The topological polar surface area (TPSA) is 75.6 Å². The van der Waals surface area contributed by atoms with Gasteiger partial charge in [-0.05, 0) is 43.7 Å². The molecule has 0 radical (unpaired) electrons. The lowest BCUT2D eigenvalue weighted by atomic mass is 9.77. The van der Waals surface area contributed by atoms with E-state index in [1.165, 1.54) is 0 Å². The summed E-state index contributed by atoms with van der Waals surface area (Å²) < 4.78 is 5.35. The highest BCUT2D eigenvalue weighted by atomic mass is 16.5. The van der Waals surface area contributed by atoms with Gasteiger partial charge in [-0.1, -0.05) is 25.1 Å². The molecule has 2 N–H and O–H groups in total. The summed E-state index contributed by atoms with van der Waals surface area (Å²) in [5, 5.41) is 12.1. The minimum atomic E-state index is -1.14. The molecule has 0 aromatic heterocycles. The van der Waals surface area contributed by atoms with Gasteiger partial charge in [-0.2, -0.15) is 0 Å². The first-order valence-corrected chi connectivity index (χ1v) is 7.24. The molecule has 21 heavy (non-hydrogen) atoms. The van der Waals surface area contributed by atoms with Crippen LogP contribution in [0.3, 0.4) is 0 Å². The molecule has 0 saturated heterocycles. The second kappa shape index (κ2) is 6.61. The predicted octanol–water partition coefficient (Wildman–Crippen LogP) is 2.22. The Morgan fingerprint density at radius 1 is 1.29 bits per heavy atom. The largest absolute Gasteiger partial charge is 0.484 e. The summed E-state index contributed by atoms with van der Waals surface area (Å²) >= 11 is 0. The Hall–Kier alpha value is -2.04. The zero-order chi connectivity index (χ0) is 15.3.